The van der Waals surface area contributed by atoms with Crippen molar-refractivity contribution in [3.63, 3.8) is 0 Å². The first-order valence-corrected chi connectivity index (χ1v) is 7.54. The fourth-order valence-electron chi connectivity index (χ4n) is 3.43. The van der Waals surface area contributed by atoms with Crippen LogP contribution >= 0.6 is 0 Å². The zero-order valence-corrected chi connectivity index (χ0v) is 12.2. The smallest absolute Gasteiger partial charge is 0.249 e. The fourth-order valence-corrected chi connectivity index (χ4v) is 3.43. The number of nitrogens with one attached hydrogen (secondary N) is 1. The Kier molecular flexibility index (Phi) is 3.65. The highest BCUT2D eigenvalue weighted by atomic mass is 16.5. The zero-order valence-electron chi connectivity index (χ0n) is 12.2. The normalized spacial score (nSPS) is 24.6. The van der Waals surface area contributed by atoms with Crippen molar-refractivity contribution in [2.45, 2.75) is 57.0 Å². The van der Waals surface area contributed by atoms with Gasteiger partial charge in [-0.25, -0.2) is 0 Å². The molecule has 1 saturated carbocycles. The molecule has 0 radical (unpaired) electrons. The Bertz CT molecular complexity index is 522. The molecule has 2 amide bonds. The number of hydrogen-bond donors (Lipinski definition) is 1. The average molecular weight is 292 g/mol. The van der Waals surface area contributed by atoms with E-state index in [1.54, 1.807) is 4.90 Å². The summed E-state index contributed by atoms with van der Waals surface area (Å²) in [6.45, 7) is 2.37. The molecule has 1 aromatic rings. The molecule has 0 bridgehead atoms. The minimum absolute atomic E-state index is 0.0351. The summed E-state index contributed by atoms with van der Waals surface area (Å²) in [5.74, 6) is 0.575. The maximum Gasteiger partial charge on any atom is 0.249 e. The topological polar surface area (TPSA) is 88.3 Å². The average Bonchev–Trinajstić information content (AvgIpc) is 3.13. The van der Waals surface area contributed by atoms with E-state index in [-0.39, 0.29) is 11.8 Å². The van der Waals surface area contributed by atoms with Crippen molar-refractivity contribution in [1.82, 2.24) is 20.4 Å². The molecule has 1 atom stereocenters. The zero-order chi connectivity index (χ0) is 14.9. The van der Waals surface area contributed by atoms with Gasteiger partial charge in [-0.1, -0.05) is 24.9 Å². The van der Waals surface area contributed by atoms with Crippen molar-refractivity contribution in [2.24, 2.45) is 0 Å². The molecule has 7 nitrogen and oxygen atoms in total. The van der Waals surface area contributed by atoms with Gasteiger partial charge in [0, 0.05) is 13.0 Å². The van der Waals surface area contributed by atoms with E-state index in [1.165, 1.54) is 6.39 Å². The highest BCUT2D eigenvalue weighted by molar-refractivity contribution is 6.00. The molecule has 0 aromatic carbocycles. The van der Waals surface area contributed by atoms with Gasteiger partial charge >= 0.3 is 0 Å². The maximum atomic E-state index is 12.9. The third kappa shape index (κ3) is 2.41. The summed E-state index contributed by atoms with van der Waals surface area (Å²) >= 11 is 0. The molecule has 114 valence electrons. The van der Waals surface area contributed by atoms with Gasteiger partial charge in [-0.05, 0) is 19.3 Å². The Morgan fingerprint density at radius 3 is 2.81 bits per heavy atom. The summed E-state index contributed by atoms with van der Waals surface area (Å²) in [7, 11) is 0. The quantitative estimate of drug-likeness (QED) is 0.880. The first kappa shape index (κ1) is 14.0. The maximum absolute atomic E-state index is 12.9. The molecule has 1 spiro atoms. The highest BCUT2D eigenvalue weighted by Crippen LogP contribution is 2.35. The van der Waals surface area contributed by atoms with Gasteiger partial charge in [0.1, 0.15) is 11.6 Å². The Balaban J connectivity index is 1.79. The second-order valence-corrected chi connectivity index (χ2v) is 5.80. The van der Waals surface area contributed by atoms with Crippen molar-refractivity contribution < 1.29 is 14.1 Å². The van der Waals surface area contributed by atoms with Gasteiger partial charge in [-0.15, -0.1) is 0 Å². The molecule has 2 aliphatic rings. The van der Waals surface area contributed by atoms with E-state index < -0.39 is 11.6 Å². The number of carbonyl (C=O) groups is 2. The van der Waals surface area contributed by atoms with Crippen LogP contribution in [0.15, 0.2) is 10.9 Å². The lowest BCUT2D eigenvalue weighted by atomic mass is 9.90. The van der Waals surface area contributed by atoms with Crippen molar-refractivity contribution in [1.29, 1.82) is 0 Å². The molecule has 1 unspecified atom stereocenters. The van der Waals surface area contributed by atoms with Gasteiger partial charge in [-0.2, -0.15) is 4.98 Å². The number of aromatic nitrogens is 2. The summed E-state index contributed by atoms with van der Waals surface area (Å²) in [6, 6.07) is -0.393. The summed E-state index contributed by atoms with van der Waals surface area (Å²) < 4.78 is 4.70. The first-order chi connectivity index (χ1) is 10.2. The van der Waals surface area contributed by atoms with Gasteiger partial charge in [0.15, 0.2) is 5.82 Å². The second-order valence-electron chi connectivity index (χ2n) is 5.80. The number of rotatable bonds is 4. The number of piperazine rings is 1. The van der Waals surface area contributed by atoms with Gasteiger partial charge < -0.3 is 14.7 Å². The molecule has 1 aliphatic heterocycles. The molecule has 1 aromatic heterocycles. The van der Waals surface area contributed by atoms with Gasteiger partial charge in [0.05, 0.1) is 0 Å². The Morgan fingerprint density at radius 2 is 2.19 bits per heavy atom. The second kappa shape index (κ2) is 5.46. The lowest BCUT2D eigenvalue weighted by molar-refractivity contribution is -0.155. The number of hydrogen-bond acceptors (Lipinski definition) is 5. The van der Waals surface area contributed by atoms with E-state index in [4.69, 9.17) is 4.52 Å². The van der Waals surface area contributed by atoms with Gasteiger partial charge in [-0.3, -0.25) is 9.59 Å². The predicted molar refractivity (Wildman–Crippen MR) is 73.1 cm³/mol. The lowest BCUT2D eigenvalue weighted by Gasteiger charge is -2.44. The monoisotopic (exact) mass is 292 g/mol. The molecule has 7 heteroatoms. The highest BCUT2D eigenvalue weighted by Gasteiger charge is 2.51. The number of nitrogens with zero attached hydrogens (tertiary/aromatic N) is 3. The minimum Gasteiger partial charge on any atom is -0.343 e. The standard InChI is InChI=1S/C14H20N4O3/c1-2-10-12(19)16-14(6-3-4-7-14)13(20)18(10)8-5-11-15-9-21-17-11/h9-10H,2-8H2,1H3,(H,16,19). The van der Waals surface area contributed by atoms with Crippen molar-refractivity contribution >= 4 is 11.8 Å². The van der Waals surface area contributed by atoms with Crippen LogP contribution in [0.5, 0.6) is 0 Å². The van der Waals surface area contributed by atoms with E-state index in [0.29, 0.717) is 25.2 Å². The minimum atomic E-state index is -0.667. The van der Waals surface area contributed by atoms with Crippen molar-refractivity contribution in [2.75, 3.05) is 6.54 Å². The van der Waals surface area contributed by atoms with Crippen LogP contribution in [0.2, 0.25) is 0 Å². The molecule has 3 rings (SSSR count). The molecule has 2 fully saturated rings. The summed E-state index contributed by atoms with van der Waals surface area (Å²) in [4.78, 5) is 30.9. The third-order valence-corrected chi connectivity index (χ3v) is 4.54. The summed E-state index contributed by atoms with van der Waals surface area (Å²) in [5.41, 5.74) is -0.667. The van der Waals surface area contributed by atoms with Gasteiger partial charge in [0.25, 0.3) is 0 Å². The van der Waals surface area contributed by atoms with E-state index in [1.807, 2.05) is 6.92 Å². The number of carbonyl (C=O) groups excluding carboxylic acids is 2. The van der Waals surface area contributed by atoms with Gasteiger partial charge in [0.2, 0.25) is 18.2 Å². The van der Waals surface area contributed by atoms with Crippen LogP contribution in [0, 0.1) is 0 Å². The third-order valence-electron chi connectivity index (χ3n) is 4.54. The van der Waals surface area contributed by atoms with Crippen LogP contribution < -0.4 is 5.32 Å². The SMILES string of the molecule is CCC1C(=O)NC2(CCCC2)C(=O)N1CCc1ncon1. The van der Waals surface area contributed by atoms with E-state index in [2.05, 4.69) is 15.5 Å². The summed E-state index contributed by atoms with van der Waals surface area (Å²) in [5, 5.41) is 6.75. The van der Waals surface area contributed by atoms with Crippen LogP contribution in [-0.4, -0.2) is 45.0 Å². The van der Waals surface area contributed by atoms with E-state index in [9.17, 15) is 9.59 Å². The lowest BCUT2D eigenvalue weighted by Crippen LogP contribution is -2.69. The van der Waals surface area contributed by atoms with Crippen LogP contribution in [0.3, 0.4) is 0 Å². The molecular weight excluding hydrogens is 272 g/mol. The largest absolute Gasteiger partial charge is 0.343 e. The van der Waals surface area contributed by atoms with Crippen LogP contribution in [0.25, 0.3) is 0 Å². The first-order valence-electron chi connectivity index (χ1n) is 7.54. The Morgan fingerprint density at radius 1 is 1.43 bits per heavy atom. The van der Waals surface area contributed by atoms with E-state index in [0.717, 1.165) is 25.7 Å². The van der Waals surface area contributed by atoms with Crippen LogP contribution in [0.1, 0.15) is 44.9 Å². The van der Waals surface area contributed by atoms with Crippen molar-refractivity contribution in [3.05, 3.63) is 12.2 Å². The molecule has 2 heterocycles. The fraction of sp³-hybridized carbons (Fsp3) is 0.714. The molecule has 1 N–H and O–H groups in total. The Labute approximate surface area is 123 Å². The molecule has 1 aliphatic carbocycles. The number of amides is 2. The van der Waals surface area contributed by atoms with E-state index >= 15 is 0 Å². The van der Waals surface area contributed by atoms with Crippen molar-refractivity contribution in [3.8, 4) is 0 Å². The summed E-state index contributed by atoms with van der Waals surface area (Å²) in [6.07, 6.45) is 5.85. The molecule has 21 heavy (non-hydrogen) atoms. The van der Waals surface area contributed by atoms with Crippen LogP contribution in [-0.2, 0) is 16.0 Å². The molecular formula is C14H20N4O3. The van der Waals surface area contributed by atoms with Crippen LogP contribution in [0.4, 0.5) is 0 Å². The molecule has 1 saturated heterocycles. The predicted octanol–water partition coefficient (Wildman–Crippen LogP) is 0.662. The Hall–Kier alpha value is -1.92.